The molecule has 0 fully saturated rings. The largest absolute Gasteiger partial charge is 0.465 e. The first-order valence-electron chi connectivity index (χ1n) is 6.53. The third-order valence-electron chi connectivity index (χ3n) is 2.81. The number of carbonyl (C=O) groups excluding carboxylic acids is 1. The number of pyridine rings is 1. The minimum Gasteiger partial charge on any atom is -0.465 e. The summed E-state index contributed by atoms with van der Waals surface area (Å²) in [7, 11) is 3.99. The Kier molecular flexibility index (Phi) is 4.94. The van der Waals surface area contributed by atoms with E-state index in [4.69, 9.17) is 9.15 Å². The highest BCUT2D eigenvalue weighted by molar-refractivity contribution is 8.76. The third kappa shape index (κ3) is 3.72. The van der Waals surface area contributed by atoms with E-state index >= 15 is 0 Å². The number of rotatable bonds is 5. The number of ether oxygens (including phenoxy) is 1. The predicted octanol–water partition coefficient (Wildman–Crippen LogP) is 3.72. The average molecular weight is 345 g/mol. The Morgan fingerprint density at radius 1 is 1.13 bits per heavy atom. The summed E-state index contributed by atoms with van der Waals surface area (Å²) in [5.41, 5.74) is 1.26. The van der Waals surface area contributed by atoms with Gasteiger partial charge in [0.15, 0.2) is 0 Å². The van der Waals surface area contributed by atoms with Crippen molar-refractivity contribution in [3.8, 4) is 11.5 Å². The van der Waals surface area contributed by atoms with Gasteiger partial charge in [0.25, 0.3) is 5.22 Å². The Balaban J connectivity index is 1.73. The molecule has 0 aliphatic carbocycles. The first kappa shape index (κ1) is 15.6. The number of methoxy groups -OCH3 is 1. The van der Waals surface area contributed by atoms with E-state index < -0.39 is 0 Å². The second-order valence-electron chi connectivity index (χ2n) is 4.27. The molecule has 8 heteroatoms. The molecule has 0 N–H and O–H groups in total. The van der Waals surface area contributed by atoms with Crippen LogP contribution in [0.4, 0.5) is 0 Å². The smallest absolute Gasteiger partial charge is 0.339 e. The van der Waals surface area contributed by atoms with E-state index in [0.717, 1.165) is 10.5 Å². The van der Waals surface area contributed by atoms with Crippen LogP contribution in [0, 0.1) is 0 Å². The predicted molar refractivity (Wildman–Crippen MR) is 87.0 cm³/mol. The number of esters is 1. The standard InChI is InChI=1S/C15H11N3O3S2/c1-20-14(19)11-6-2-3-7-12(11)22-23-15-18-17-13(21-15)10-5-4-8-16-9-10/h2-9H,1H3. The van der Waals surface area contributed by atoms with Crippen LogP contribution in [0.15, 0.2) is 63.3 Å². The van der Waals surface area contributed by atoms with E-state index in [1.807, 2.05) is 18.2 Å². The molecular formula is C15H11N3O3S2. The van der Waals surface area contributed by atoms with Crippen LogP contribution in [-0.2, 0) is 4.74 Å². The van der Waals surface area contributed by atoms with Crippen LogP contribution in [0.5, 0.6) is 0 Å². The van der Waals surface area contributed by atoms with Gasteiger partial charge in [-0.05, 0) is 35.1 Å². The Morgan fingerprint density at radius 2 is 2.00 bits per heavy atom. The fourth-order valence-electron chi connectivity index (χ4n) is 1.75. The van der Waals surface area contributed by atoms with Crippen molar-refractivity contribution in [1.29, 1.82) is 0 Å². The molecule has 3 aromatic rings. The van der Waals surface area contributed by atoms with E-state index in [9.17, 15) is 4.79 Å². The van der Waals surface area contributed by atoms with Crippen LogP contribution in [0.3, 0.4) is 0 Å². The normalized spacial score (nSPS) is 10.5. The third-order valence-corrected chi connectivity index (χ3v) is 4.95. The highest BCUT2D eigenvalue weighted by Crippen LogP contribution is 2.39. The molecule has 0 atom stereocenters. The number of aromatic nitrogens is 3. The molecule has 23 heavy (non-hydrogen) atoms. The fraction of sp³-hybridized carbons (Fsp3) is 0.0667. The van der Waals surface area contributed by atoms with Crippen LogP contribution in [0.2, 0.25) is 0 Å². The summed E-state index contributed by atoms with van der Waals surface area (Å²) in [5, 5.41) is 8.37. The van der Waals surface area contributed by atoms with Crippen molar-refractivity contribution in [2.75, 3.05) is 7.11 Å². The quantitative estimate of drug-likeness (QED) is 0.511. The zero-order chi connectivity index (χ0) is 16.1. The number of nitrogens with zero attached hydrogens (tertiary/aromatic N) is 3. The van der Waals surface area contributed by atoms with E-state index in [-0.39, 0.29) is 5.97 Å². The lowest BCUT2D eigenvalue weighted by Gasteiger charge is -2.04. The first-order valence-corrected chi connectivity index (χ1v) is 8.68. The van der Waals surface area contributed by atoms with Gasteiger partial charge in [0.05, 0.1) is 18.2 Å². The summed E-state index contributed by atoms with van der Waals surface area (Å²) in [6, 6.07) is 10.8. The van der Waals surface area contributed by atoms with Crippen molar-refractivity contribution < 1.29 is 13.9 Å². The van der Waals surface area contributed by atoms with Crippen LogP contribution in [0.1, 0.15) is 10.4 Å². The Morgan fingerprint density at radius 3 is 2.78 bits per heavy atom. The zero-order valence-electron chi connectivity index (χ0n) is 12.0. The summed E-state index contributed by atoms with van der Waals surface area (Å²) in [4.78, 5) is 16.5. The number of hydrogen-bond acceptors (Lipinski definition) is 8. The Labute approximate surface area is 140 Å². The number of carbonyl (C=O) groups is 1. The highest BCUT2D eigenvalue weighted by Gasteiger charge is 2.14. The lowest BCUT2D eigenvalue weighted by molar-refractivity contribution is 0.0597. The molecule has 0 bridgehead atoms. The maximum Gasteiger partial charge on any atom is 0.339 e. The summed E-state index contributed by atoms with van der Waals surface area (Å²) >= 11 is 0. The molecule has 3 rings (SSSR count). The van der Waals surface area contributed by atoms with Gasteiger partial charge in [0.2, 0.25) is 5.89 Å². The van der Waals surface area contributed by atoms with Crippen molar-refractivity contribution in [2.45, 2.75) is 10.1 Å². The molecule has 0 aliphatic heterocycles. The maximum atomic E-state index is 11.7. The SMILES string of the molecule is COC(=O)c1ccccc1SSc1nnc(-c2cccnc2)o1. The molecule has 1 aromatic carbocycles. The van der Waals surface area contributed by atoms with Crippen molar-refractivity contribution in [1.82, 2.24) is 15.2 Å². The molecular weight excluding hydrogens is 334 g/mol. The van der Waals surface area contributed by atoms with Gasteiger partial charge in [-0.2, -0.15) is 0 Å². The van der Waals surface area contributed by atoms with Gasteiger partial charge in [-0.3, -0.25) is 4.98 Å². The number of hydrogen-bond donors (Lipinski definition) is 0. The van der Waals surface area contributed by atoms with Crippen molar-refractivity contribution in [2.24, 2.45) is 0 Å². The molecule has 2 heterocycles. The minimum absolute atomic E-state index is 0.379. The van der Waals surface area contributed by atoms with Crippen molar-refractivity contribution in [3.63, 3.8) is 0 Å². The molecule has 2 aromatic heterocycles. The molecule has 0 spiro atoms. The Bertz CT molecular complexity index is 808. The number of benzene rings is 1. The average Bonchev–Trinajstić information content (AvgIpc) is 3.09. The maximum absolute atomic E-state index is 11.7. The summed E-state index contributed by atoms with van der Waals surface area (Å²) in [6.07, 6.45) is 3.33. The van der Waals surface area contributed by atoms with Crippen LogP contribution in [0.25, 0.3) is 11.5 Å². The van der Waals surface area contributed by atoms with Gasteiger partial charge in [-0.25, -0.2) is 4.79 Å². The monoisotopic (exact) mass is 345 g/mol. The van der Waals surface area contributed by atoms with E-state index in [2.05, 4.69) is 15.2 Å². The molecule has 0 unspecified atom stereocenters. The van der Waals surface area contributed by atoms with Gasteiger partial charge in [-0.1, -0.05) is 17.2 Å². The summed E-state index contributed by atoms with van der Waals surface area (Å²) in [6.45, 7) is 0. The summed E-state index contributed by atoms with van der Waals surface area (Å²) < 4.78 is 10.4. The molecule has 0 radical (unpaired) electrons. The molecule has 0 aliphatic rings. The van der Waals surface area contributed by atoms with E-state index in [1.54, 1.807) is 30.6 Å². The van der Waals surface area contributed by atoms with Crippen LogP contribution >= 0.6 is 21.6 Å². The lowest BCUT2D eigenvalue weighted by Crippen LogP contribution is -2.02. The molecule has 116 valence electrons. The lowest BCUT2D eigenvalue weighted by atomic mass is 10.2. The Hall–Kier alpha value is -2.32. The fourth-order valence-corrected chi connectivity index (χ4v) is 3.59. The van der Waals surface area contributed by atoms with Crippen molar-refractivity contribution in [3.05, 3.63) is 54.4 Å². The van der Waals surface area contributed by atoms with Crippen molar-refractivity contribution >= 4 is 27.6 Å². The second-order valence-corrected chi connectivity index (χ2v) is 6.39. The molecule has 0 saturated carbocycles. The first-order chi connectivity index (χ1) is 11.3. The topological polar surface area (TPSA) is 78.1 Å². The minimum atomic E-state index is -0.379. The molecule has 0 saturated heterocycles. The van der Waals surface area contributed by atoms with Gasteiger partial charge in [0, 0.05) is 28.1 Å². The van der Waals surface area contributed by atoms with Crippen LogP contribution < -0.4 is 0 Å². The van der Waals surface area contributed by atoms with E-state index in [0.29, 0.717) is 16.7 Å². The van der Waals surface area contributed by atoms with E-state index in [1.165, 1.54) is 28.7 Å². The van der Waals surface area contributed by atoms with Gasteiger partial charge < -0.3 is 9.15 Å². The zero-order valence-corrected chi connectivity index (χ0v) is 13.6. The van der Waals surface area contributed by atoms with Gasteiger partial charge in [-0.15, -0.1) is 5.10 Å². The van der Waals surface area contributed by atoms with Crippen LogP contribution in [-0.4, -0.2) is 28.3 Å². The molecule has 6 nitrogen and oxygen atoms in total. The second kappa shape index (κ2) is 7.30. The van der Waals surface area contributed by atoms with Gasteiger partial charge in [0.1, 0.15) is 0 Å². The molecule has 0 amide bonds. The highest BCUT2D eigenvalue weighted by atomic mass is 33.1. The summed E-state index contributed by atoms with van der Waals surface area (Å²) in [5.74, 6) is 0.0257. The van der Waals surface area contributed by atoms with Gasteiger partial charge >= 0.3 is 5.97 Å².